The first-order chi connectivity index (χ1) is 10.3. The van der Waals surface area contributed by atoms with Gasteiger partial charge in [0.05, 0.1) is 5.01 Å². The second kappa shape index (κ2) is 8.07. The summed E-state index contributed by atoms with van der Waals surface area (Å²) in [7, 11) is 0. The number of hydrogen-bond acceptors (Lipinski definition) is 8. The molecule has 0 saturated carbocycles. The Morgan fingerprint density at radius 3 is 2.45 bits per heavy atom. The second-order valence-corrected chi connectivity index (χ2v) is 4.98. The number of carboxylic acid groups (broad SMARTS) is 2. The SMILES string of the molecule is NC(C(=O)O)c1cc(=O)[nH]o1.NC(Cc1nccs1)C(=O)O. The Morgan fingerprint density at radius 1 is 1.36 bits per heavy atom. The lowest BCUT2D eigenvalue weighted by molar-refractivity contribution is -0.139. The summed E-state index contributed by atoms with van der Waals surface area (Å²) < 4.78 is 4.44. The summed E-state index contributed by atoms with van der Waals surface area (Å²) in [6, 6.07) is -1.12. The Bertz CT molecular complexity index is 664. The van der Waals surface area contributed by atoms with Crippen molar-refractivity contribution in [1.29, 1.82) is 0 Å². The summed E-state index contributed by atoms with van der Waals surface area (Å²) in [4.78, 5) is 34.8. The third-order valence-electron chi connectivity index (χ3n) is 2.31. The van der Waals surface area contributed by atoms with Gasteiger partial charge in [0.1, 0.15) is 6.04 Å². The van der Waals surface area contributed by atoms with E-state index >= 15 is 0 Å². The van der Waals surface area contributed by atoms with Crippen LogP contribution in [0.2, 0.25) is 0 Å². The highest BCUT2D eigenvalue weighted by molar-refractivity contribution is 7.09. The molecule has 2 aromatic rings. The highest BCUT2D eigenvalue weighted by Crippen LogP contribution is 2.06. The lowest BCUT2D eigenvalue weighted by Crippen LogP contribution is -2.32. The smallest absolute Gasteiger partial charge is 0.328 e. The quantitative estimate of drug-likeness (QED) is 0.465. The van der Waals surface area contributed by atoms with Crippen molar-refractivity contribution in [2.75, 3.05) is 0 Å². The molecule has 2 rings (SSSR count). The van der Waals surface area contributed by atoms with Gasteiger partial charge in [-0.15, -0.1) is 11.3 Å². The molecule has 0 fully saturated rings. The molecule has 0 aliphatic heterocycles. The lowest BCUT2D eigenvalue weighted by atomic mass is 10.2. The van der Waals surface area contributed by atoms with Gasteiger partial charge in [0.15, 0.2) is 11.8 Å². The van der Waals surface area contributed by atoms with Crippen molar-refractivity contribution in [3.63, 3.8) is 0 Å². The lowest BCUT2D eigenvalue weighted by Gasteiger charge is -2.01. The standard InChI is InChI=1S/C6H8N2O2S.C5H6N2O4/c7-4(6(9)10)3-5-8-1-2-11-5;6-4(5(9)10)2-1-3(8)7-11-2/h1-2,4H,3,7H2,(H,9,10);1,4H,6H2,(H,7,8)(H,9,10). The fourth-order valence-corrected chi connectivity index (χ4v) is 1.88. The molecule has 0 spiro atoms. The Labute approximate surface area is 127 Å². The van der Waals surface area contributed by atoms with Crippen LogP contribution in [0.25, 0.3) is 0 Å². The van der Waals surface area contributed by atoms with Crippen molar-refractivity contribution in [1.82, 2.24) is 10.1 Å². The molecule has 22 heavy (non-hydrogen) atoms. The van der Waals surface area contributed by atoms with Crippen LogP contribution in [-0.2, 0) is 16.0 Å². The molecule has 2 aromatic heterocycles. The predicted molar refractivity (Wildman–Crippen MR) is 75.3 cm³/mol. The molecule has 10 nitrogen and oxygen atoms in total. The summed E-state index contributed by atoms with van der Waals surface area (Å²) >= 11 is 1.41. The normalized spacial score (nSPS) is 12.8. The van der Waals surface area contributed by atoms with Crippen LogP contribution in [0.5, 0.6) is 0 Å². The van der Waals surface area contributed by atoms with Gasteiger partial charge in [-0.2, -0.15) is 5.16 Å². The number of carbonyl (C=O) groups is 2. The number of H-pyrrole nitrogens is 1. The molecule has 0 aliphatic carbocycles. The second-order valence-electron chi connectivity index (χ2n) is 4.01. The molecule has 0 aromatic carbocycles. The van der Waals surface area contributed by atoms with Gasteiger partial charge in [-0.05, 0) is 0 Å². The molecule has 0 saturated heterocycles. The highest BCUT2D eigenvalue weighted by atomic mass is 32.1. The van der Waals surface area contributed by atoms with E-state index in [4.69, 9.17) is 21.7 Å². The molecule has 120 valence electrons. The zero-order chi connectivity index (χ0) is 16.7. The number of aromatic nitrogens is 2. The van der Waals surface area contributed by atoms with Crippen molar-refractivity contribution < 1.29 is 24.3 Å². The number of aromatic amines is 1. The number of aliphatic carboxylic acids is 2. The molecule has 2 heterocycles. The van der Waals surface area contributed by atoms with Gasteiger partial charge in [0, 0.05) is 24.1 Å². The number of rotatable bonds is 5. The van der Waals surface area contributed by atoms with E-state index in [0.29, 0.717) is 6.42 Å². The van der Waals surface area contributed by atoms with Crippen LogP contribution in [-0.4, -0.2) is 38.3 Å². The maximum atomic E-state index is 10.4. The first-order valence-electron chi connectivity index (χ1n) is 5.84. The molecule has 2 atom stereocenters. The molecular formula is C11H14N4O6S. The van der Waals surface area contributed by atoms with Crippen LogP contribution in [0.3, 0.4) is 0 Å². The topological polar surface area (TPSA) is 186 Å². The molecule has 0 aliphatic rings. The average molecular weight is 330 g/mol. The van der Waals surface area contributed by atoms with Gasteiger partial charge >= 0.3 is 11.9 Å². The van der Waals surface area contributed by atoms with E-state index in [-0.39, 0.29) is 5.76 Å². The Morgan fingerprint density at radius 2 is 2.05 bits per heavy atom. The zero-order valence-electron chi connectivity index (χ0n) is 11.1. The maximum absolute atomic E-state index is 10.4. The maximum Gasteiger partial charge on any atom is 0.328 e. The average Bonchev–Trinajstić information content (AvgIpc) is 3.10. The summed E-state index contributed by atoms with van der Waals surface area (Å²) in [5, 5.41) is 21.3. The van der Waals surface area contributed by atoms with Crippen molar-refractivity contribution in [3.8, 4) is 0 Å². The van der Waals surface area contributed by atoms with Gasteiger partial charge in [-0.3, -0.25) is 14.4 Å². The van der Waals surface area contributed by atoms with Gasteiger partial charge in [-0.25, -0.2) is 4.98 Å². The van der Waals surface area contributed by atoms with Gasteiger partial charge in [0.2, 0.25) is 0 Å². The Kier molecular flexibility index (Phi) is 6.44. The number of nitrogens with two attached hydrogens (primary N) is 2. The number of carboxylic acids is 2. The fraction of sp³-hybridized carbons (Fsp3) is 0.273. The Hall–Kier alpha value is -2.50. The highest BCUT2D eigenvalue weighted by Gasteiger charge is 2.18. The Balaban J connectivity index is 0.000000220. The number of nitrogens with one attached hydrogen (secondary N) is 1. The van der Waals surface area contributed by atoms with Crippen LogP contribution < -0.4 is 17.0 Å². The summed E-state index contributed by atoms with van der Waals surface area (Å²) in [5.74, 6) is -2.31. The summed E-state index contributed by atoms with van der Waals surface area (Å²) in [6.45, 7) is 0. The molecule has 0 bridgehead atoms. The van der Waals surface area contributed by atoms with Crippen LogP contribution in [0, 0.1) is 0 Å². The minimum absolute atomic E-state index is 0.0810. The molecule has 2 unspecified atom stereocenters. The van der Waals surface area contributed by atoms with Gasteiger partial charge in [0.25, 0.3) is 5.56 Å². The molecule has 7 N–H and O–H groups in total. The number of nitrogens with zero attached hydrogens (tertiary/aromatic N) is 1. The van der Waals surface area contributed by atoms with Crippen molar-refractivity contribution in [2.24, 2.45) is 11.5 Å². The molecule has 11 heteroatoms. The number of thiazole rings is 1. The van der Waals surface area contributed by atoms with E-state index in [1.54, 1.807) is 11.6 Å². The minimum Gasteiger partial charge on any atom is -0.480 e. The van der Waals surface area contributed by atoms with Gasteiger partial charge < -0.3 is 26.2 Å². The van der Waals surface area contributed by atoms with Crippen LogP contribution in [0.4, 0.5) is 0 Å². The minimum atomic E-state index is -1.28. The zero-order valence-corrected chi connectivity index (χ0v) is 11.9. The van der Waals surface area contributed by atoms with E-state index in [1.165, 1.54) is 11.3 Å². The summed E-state index contributed by atoms with van der Waals surface area (Å²) in [6.07, 6.45) is 1.95. The van der Waals surface area contributed by atoms with Crippen LogP contribution >= 0.6 is 11.3 Å². The number of hydrogen-bond donors (Lipinski definition) is 5. The van der Waals surface area contributed by atoms with Crippen molar-refractivity contribution in [2.45, 2.75) is 18.5 Å². The van der Waals surface area contributed by atoms with Crippen molar-refractivity contribution in [3.05, 3.63) is 38.8 Å². The summed E-state index contributed by atoms with van der Waals surface area (Å²) in [5.41, 5.74) is 9.87. The first-order valence-corrected chi connectivity index (χ1v) is 6.72. The third kappa shape index (κ3) is 5.47. The van der Waals surface area contributed by atoms with Crippen LogP contribution in [0.15, 0.2) is 27.0 Å². The van der Waals surface area contributed by atoms with E-state index in [1.807, 2.05) is 5.16 Å². The molecule has 0 amide bonds. The monoisotopic (exact) mass is 330 g/mol. The van der Waals surface area contributed by atoms with E-state index in [2.05, 4.69) is 9.51 Å². The largest absolute Gasteiger partial charge is 0.480 e. The van der Waals surface area contributed by atoms with E-state index in [0.717, 1.165) is 11.1 Å². The van der Waals surface area contributed by atoms with E-state index in [9.17, 15) is 14.4 Å². The predicted octanol–water partition coefficient (Wildman–Crippen LogP) is -0.850. The van der Waals surface area contributed by atoms with Crippen molar-refractivity contribution >= 4 is 23.3 Å². The molecular weight excluding hydrogens is 316 g/mol. The van der Waals surface area contributed by atoms with Crippen LogP contribution in [0.1, 0.15) is 16.8 Å². The first kappa shape index (κ1) is 17.6. The third-order valence-corrected chi connectivity index (χ3v) is 3.11. The fourth-order valence-electron chi connectivity index (χ4n) is 1.20. The van der Waals surface area contributed by atoms with Gasteiger partial charge in [-0.1, -0.05) is 0 Å². The van der Waals surface area contributed by atoms with E-state index < -0.39 is 29.6 Å². The molecule has 0 radical (unpaired) electrons.